The van der Waals surface area contributed by atoms with Crippen LogP contribution in [0.15, 0.2) is 71.8 Å². The van der Waals surface area contributed by atoms with E-state index in [1.165, 1.54) is 19.2 Å². The van der Waals surface area contributed by atoms with Gasteiger partial charge in [0, 0.05) is 53.3 Å². The van der Waals surface area contributed by atoms with Gasteiger partial charge in [-0.05, 0) is 79.3 Å². The van der Waals surface area contributed by atoms with Crippen molar-refractivity contribution in [2.24, 2.45) is 13.0 Å². The lowest BCUT2D eigenvalue weighted by molar-refractivity contribution is 0.0980. The van der Waals surface area contributed by atoms with Crippen LogP contribution in [0.25, 0.3) is 10.9 Å². The highest BCUT2D eigenvalue weighted by atomic mass is 32.2. The molecule has 4 aromatic rings. The van der Waals surface area contributed by atoms with E-state index < -0.39 is 22.0 Å². The topological polar surface area (TPSA) is 116 Å². The van der Waals surface area contributed by atoms with Crippen molar-refractivity contribution in [3.8, 4) is 17.6 Å². The van der Waals surface area contributed by atoms with Crippen molar-refractivity contribution in [3.05, 3.63) is 89.1 Å². The molecular formula is C35H37N3O6S. The number of carbonyl (C=O) groups is 2. The molecule has 0 radical (unpaired) electrons. The number of benzene rings is 3. The molecule has 0 bridgehead atoms. The van der Waals surface area contributed by atoms with E-state index in [-0.39, 0.29) is 22.5 Å². The largest absolute Gasteiger partial charge is 0.496 e. The first-order valence-electron chi connectivity index (χ1n) is 14.9. The molecule has 2 N–H and O–H groups in total. The smallest absolute Gasteiger partial charge is 0.411 e. The van der Waals surface area contributed by atoms with E-state index in [0.717, 1.165) is 47.7 Å². The molecular weight excluding hydrogens is 590 g/mol. The molecule has 2 amide bonds. The van der Waals surface area contributed by atoms with E-state index in [1.54, 1.807) is 30.3 Å². The average molecular weight is 628 g/mol. The fraction of sp³-hybridized carbons (Fsp3) is 0.314. The normalized spacial score (nSPS) is 13.4. The number of hydrogen-bond acceptors (Lipinski definition) is 6. The summed E-state index contributed by atoms with van der Waals surface area (Å²) in [6, 6.07) is 16.9. The molecule has 45 heavy (non-hydrogen) atoms. The summed E-state index contributed by atoms with van der Waals surface area (Å²) >= 11 is 0. The molecule has 234 valence electrons. The number of carbonyl (C=O) groups excluding carboxylic acids is 2. The summed E-state index contributed by atoms with van der Waals surface area (Å²) in [7, 11) is -0.739. The van der Waals surface area contributed by atoms with Crippen LogP contribution in [0.4, 0.5) is 10.5 Å². The number of aromatic nitrogens is 1. The number of fused-ring (bicyclic) bond motifs is 1. The predicted molar refractivity (Wildman–Crippen MR) is 174 cm³/mol. The van der Waals surface area contributed by atoms with E-state index in [1.807, 2.05) is 49.9 Å². The van der Waals surface area contributed by atoms with Gasteiger partial charge in [-0.2, -0.15) is 0 Å². The fourth-order valence-electron chi connectivity index (χ4n) is 5.50. The van der Waals surface area contributed by atoms with Gasteiger partial charge in [0.2, 0.25) is 0 Å². The van der Waals surface area contributed by atoms with E-state index in [4.69, 9.17) is 9.47 Å². The number of aryl methyl sites for hydroxylation is 1. The van der Waals surface area contributed by atoms with Gasteiger partial charge < -0.3 is 14.0 Å². The molecule has 1 saturated carbocycles. The second-order valence-electron chi connectivity index (χ2n) is 11.5. The maximum Gasteiger partial charge on any atom is 0.411 e. The molecule has 0 saturated heterocycles. The van der Waals surface area contributed by atoms with Crippen LogP contribution in [0.1, 0.15) is 66.6 Å². The van der Waals surface area contributed by atoms with E-state index in [0.29, 0.717) is 23.4 Å². The number of anilines is 1. The van der Waals surface area contributed by atoms with Gasteiger partial charge >= 0.3 is 6.09 Å². The van der Waals surface area contributed by atoms with Gasteiger partial charge in [-0.3, -0.25) is 10.1 Å². The Morgan fingerprint density at radius 1 is 1.02 bits per heavy atom. The monoisotopic (exact) mass is 627 g/mol. The zero-order valence-electron chi connectivity index (χ0n) is 25.8. The van der Waals surface area contributed by atoms with Crippen molar-refractivity contribution in [3.63, 3.8) is 0 Å². The van der Waals surface area contributed by atoms with Crippen LogP contribution < -0.4 is 14.8 Å². The number of amides is 2. The minimum absolute atomic E-state index is 0.0292. The van der Waals surface area contributed by atoms with Gasteiger partial charge in [-0.25, -0.2) is 17.9 Å². The third-order valence-corrected chi connectivity index (χ3v) is 9.11. The lowest BCUT2D eigenvalue weighted by atomic mass is 10.0. The highest BCUT2D eigenvalue weighted by Crippen LogP contribution is 2.30. The Morgan fingerprint density at radius 3 is 2.51 bits per heavy atom. The molecule has 10 heteroatoms. The molecule has 0 unspecified atom stereocenters. The highest BCUT2D eigenvalue weighted by molar-refractivity contribution is 7.90. The van der Waals surface area contributed by atoms with Gasteiger partial charge in [0.05, 0.1) is 7.11 Å². The van der Waals surface area contributed by atoms with Crippen LogP contribution in [0.3, 0.4) is 0 Å². The van der Waals surface area contributed by atoms with E-state index in [2.05, 4.69) is 21.9 Å². The van der Waals surface area contributed by atoms with Gasteiger partial charge in [0.15, 0.2) is 0 Å². The summed E-state index contributed by atoms with van der Waals surface area (Å²) in [6.45, 7) is 3.82. The maximum absolute atomic E-state index is 13.2. The van der Waals surface area contributed by atoms with Gasteiger partial charge in [-0.1, -0.05) is 43.9 Å². The van der Waals surface area contributed by atoms with Crippen LogP contribution >= 0.6 is 0 Å². The summed E-state index contributed by atoms with van der Waals surface area (Å²) in [6.07, 6.45) is 5.95. The number of nitrogens with one attached hydrogen (secondary N) is 2. The van der Waals surface area contributed by atoms with E-state index in [9.17, 15) is 18.0 Å². The van der Waals surface area contributed by atoms with E-state index >= 15 is 0 Å². The van der Waals surface area contributed by atoms with Crippen molar-refractivity contribution >= 4 is 38.6 Å². The van der Waals surface area contributed by atoms with Crippen LogP contribution in [0.5, 0.6) is 5.75 Å². The summed E-state index contributed by atoms with van der Waals surface area (Å²) in [5.74, 6) is 5.57. The highest BCUT2D eigenvalue weighted by Gasteiger charge is 2.23. The lowest BCUT2D eigenvalue weighted by Crippen LogP contribution is -2.31. The summed E-state index contributed by atoms with van der Waals surface area (Å²) in [5.41, 5.74) is 3.86. The first-order valence-corrected chi connectivity index (χ1v) is 16.4. The minimum atomic E-state index is -4.19. The molecule has 0 atom stereocenters. The Hall–Kier alpha value is -4.75. The molecule has 1 aromatic heterocycles. The second-order valence-corrected chi connectivity index (χ2v) is 13.1. The van der Waals surface area contributed by atoms with Crippen molar-refractivity contribution in [1.29, 1.82) is 0 Å². The SMILES string of the molecule is COc1cc(C(=O)NS(=O)(=O)c2ccccc2C#CC(C)C)ccc1Cc1cn(C)c2ccc(NC(=O)OC3CCCC3)cc12. The van der Waals surface area contributed by atoms with Gasteiger partial charge in [-0.15, -0.1) is 0 Å². The fourth-order valence-corrected chi connectivity index (χ4v) is 6.63. The van der Waals surface area contributed by atoms with Crippen LogP contribution in [-0.4, -0.2) is 38.2 Å². The number of hydrogen-bond donors (Lipinski definition) is 2. The molecule has 9 nitrogen and oxygen atoms in total. The summed E-state index contributed by atoms with van der Waals surface area (Å²) in [4.78, 5) is 25.5. The Bertz CT molecular complexity index is 1910. The lowest BCUT2D eigenvalue weighted by Gasteiger charge is -2.13. The van der Waals surface area contributed by atoms with Crippen LogP contribution in [0, 0.1) is 17.8 Å². The predicted octanol–water partition coefficient (Wildman–Crippen LogP) is 6.40. The van der Waals surface area contributed by atoms with Crippen molar-refractivity contribution in [1.82, 2.24) is 9.29 Å². The second kappa shape index (κ2) is 13.5. The molecule has 1 fully saturated rings. The molecule has 1 heterocycles. The van der Waals surface area contributed by atoms with Crippen LogP contribution in [0.2, 0.25) is 0 Å². The summed E-state index contributed by atoms with van der Waals surface area (Å²) in [5, 5.41) is 3.80. The molecule has 1 aliphatic rings. The maximum atomic E-state index is 13.2. The molecule has 5 rings (SSSR count). The number of methoxy groups -OCH3 is 1. The third-order valence-electron chi connectivity index (χ3n) is 7.72. The Balaban J connectivity index is 1.35. The average Bonchev–Trinajstić information content (AvgIpc) is 3.63. The number of rotatable bonds is 8. The molecule has 3 aromatic carbocycles. The minimum Gasteiger partial charge on any atom is -0.496 e. The number of ether oxygens (including phenoxy) is 2. The first kappa shape index (κ1) is 31.7. The molecule has 1 aliphatic carbocycles. The van der Waals surface area contributed by atoms with Crippen LogP contribution in [-0.2, 0) is 28.2 Å². The quantitative estimate of drug-likeness (QED) is 0.219. The number of nitrogens with zero attached hydrogens (tertiary/aromatic N) is 1. The zero-order valence-corrected chi connectivity index (χ0v) is 26.7. The van der Waals surface area contributed by atoms with Gasteiger partial charge in [0.25, 0.3) is 15.9 Å². The van der Waals surface area contributed by atoms with Crippen molar-refractivity contribution in [2.75, 3.05) is 12.4 Å². The first-order chi connectivity index (χ1) is 21.5. The zero-order chi connectivity index (χ0) is 32.1. The number of sulfonamides is 1. The Kier molecular flexibility index (Phi) is 9.49. The summed E-state index contributed by atoms with van der Waals surface area (Å²) < 4.78 is 41.7. The Morgan fingerprint density at radius 2 is 1.78 bits per heavy atom. The standard InChI is InChI=1S/C35H37N3O6S/c1-23(2)13-14-24-9-5-8-12-33(24)45(41,42)37-34(39)26-16-15-25(32(20-26)43-4)19-27-22-38(3)31-18-17-28(21-30(27)31)36-35(40)44-29-10-6-7-11-29/h5,8-9,12,15-18,20-23,29H,6-7,10-11,19H2,1-4H3,(H,36,40)(H,37,39). The van der Waals surface area contributed by atoms with Gasteiger partial charge in [0.1, 0.15) is 16.7 Å². The third kappa shape index (κ3) is 7.49. The van der Waals surface area contributed by atoms with Crippen molar-refractivity contribution < 1.29 is 27.5 Å². The molecule has 0 spiro atoms. The van der Waals surface area contributed by atoms with Crippen molar-refractivity contribution in [2.45, 2.75) is 57.0 Å². The Labute approximate surface area is 264 Å². The molecule has 0 aliphatic heterocycles.